The van der Waals surface area contributed by atoms with E-state index >= 15 is 0 Å². The van der Waals surface area contributed by atoms with Gasteiger partial charge in [-0.15, -0.1) is 7.92 Å². The van der Waals surface area contributed by atoms with Gasteiger partial charge in [0.1, 0.15) is 0 Å². The highest BCUT2D eigenvalue weighted by molar-refractivity contribution is 7.57. The molecule has 0 rings (SSSR count). The van der Waals surface area contributed by atoms with Crippen LogP contribution in [0.15, 0.2) is 0 Å². The summed E-state index contributed by atoms with van der Waals surface area (Å²) in [5.74, 6) is 0.906. The summed E-state index contributed by atoms with van der Waals surface area (Å²) in [6.45, 7) is 9.29. The van der Waals surface area contributed by atoms with Crippen LogP contribution in [-0.4, -0.2) is 18.5 Å². The Labute approximate surface area is 67.2 Å². The molecule has 0 nitrogen and oxygen atoms in total. The van der Waals surface area contributed by atoms with E-state index in [0.29, 0.717) is 7.92 Å². The molecule has 0 aromatic carbocycles. The molecule has 0 aliphatic heterocycles. The fourth-order valence-electron chi connectivity index (χ4n) is 0.981. The highest BCUT2D eigenvalue weighted by Gasteiger charge is 2.02. The molecule has 0 heterocycles. The Morgan fingerprint density at radius 1 is 1.10 bits per heavy atom. The van der Waals surface area contributed by atoms with Crippen LogP contribution in [0.3, 0.4) is 0 Å². The lowest BCUT2D eigenvalue weighted by atomic mass is 10.2. The third-order valence-corrected chi connectivity index (χ3v) is 4.60. The molecule has 0 unspecified atom stereocenters. The van der Waals surface area contributed by atoms with E-state index in [9.17, 15) is 0 Å². The van der Waals surface area contributed by atoms with Crippen molar-refractivity contribution in [2.24, 2.45) is 5.92 Å². The summed E-state index contributed by atoms with van der Waals surface area (Å²) in [5, 5.41) is 0. The summed E-state index contributed by atoms with van der Waals surface area (Å²) >= 11 is 0. The van der Waals surface area contributed by atoms with E-state index in [0.717, 1.165) is 5.92 Å². The van der Waals surface area contributed by atoms with Gasteiger partial charge in [-0.1, -0.05) is 27.7 Å². The van der Waals surface area contributed by atoms with E-state index < -0.39 is 0 Å². The molecular formula is C9H21P. The lowest BCUT2D eigenvalue weighted by molar-refractivity contribution is 0.629. The monoisotopic (exact) mass is 160 g/mol. The van der Waals surface area contributed by atoms with Crippen molar-refractivity contribution in [2.75, 3.05) is 18.5 Å². The molecule has 10 heavy (non-hydrogen) atoms. The third-order valence-electron chi connectivity index (χ3n) is 1.92. The van der Waals surface area contributed by atoms with Gasteiger partial charge < -0.3 is 0 Å². The largest absolute Gasteiger partial charge is 0.107 e. The maximum atomic E-state index is 2.33. The molecule has 62 valence electrons. The van der Waals surface area contributed by atoms with E-state index in [1.165, 1.54) is 24.9 Å². The predicted molar refractivity (Wildman–Crippen MR) is 52.3 cm³/mol. The summed E-state index contributed by atoms with van der Waals surface area (Å²) < 4.78 is 0. The Morgan fingerprint density at radius 3 is 1.90 bits per heavy atom. The van der Waals surface area contributed by atoms with Crippen LogP contribution in [0.5, 0.6) is 0 Å². The molecule has 0 atom stereocenters. The van der Waals surface area contributed by atoms with Gasteiger partial charge in [-0.2, -0.15) is 0 Å². The first-order valence-corrected chi connectivity index (χ1v) is 6.32. The lowest BCUT2D eigenvalue weighted by Gasteiger charge is -2.13. The maximum Gasteiger partial charge on any atom is -0.0324 e. The molecule has 0 spiro atoms. The van der Waals surface area contributed by atoms with Gasteiger partial charge >= 0.3 is 0 Å². The minimum Gasteiger partial charge on any atom is -0.107 e. The van der Waals surface area contributed by atoms with Gasteiger partial charge in [-0.25, -0.2) is 0 Å². The van der Waals surface area contributed by atoms with Crippen molar-refractivity contribution in [3.05, 3.63) is 0 Å². The molecule has 0 N–H and O–H groups in total. The molecule has 0 fully saturated rings. The van der Waals surface area contributed by atoms with Crippen LogP contribution in [0.1, 0.15) is 34.1 Å². The van der Waals surface area contributed by atoms with Crippen molar-refractivity contribution in [2.45, 2.75) is 34.1 Å². The van der Waals surface area contributed by atoms with Crippen molar-refractivity contribution in [3.63, 3.8) is 0 Å². The normalized spacial score (nSPS) is 11.4. The van der Waals surface area contributed by atoms with Gasteiger partial charge in [0.25, 0.3) is 0 Å². The highest BCUT2D eigenvalue weighted by Crippen LogP contribution is 2.35. The lowest BCUT2D eigenvalue weighted by Crippen LogP contribution is -1.95. The molecular weight excluding hydrogens is 139 g/mol. The zero-order chi connectivity index (χ0) is 7.98. The molecule has 0 saturated carbocycles. The molecule has 0 aliphatic rings. The first kappa shape index (κ1) is 10.4. The third kappa shape index (κ3) is 5.23. The van der Waals surface area contributed by atoms with Crippen molar-refractivity contribution < 1.29 is 0 Å². The van der Waals surface area contributed by atoms with Crippen molar-refractivity contribution in [1.29, 1.82) is 0 Å². The Hall–Kier alpha value is 0.430. The molecule has 0 amide bonds. The molecule has 0 bridgehead atoms. The molecule has 0 saturated heterocycles. The average Bonchev–Trinajstić information content (AvgIpc) is 1.90. The van der Waals surface area contributed by atoms with E-state index in [4.69, 9.17) is 0 Å². The molecule has 0 aromatic rings. The fourth-order valence-corrected chi connectivity index (χ4v) is 2.94. The average molecular weight is 160 g/mol. The summed E-state index contributed by atoms with van der Waals surface area (Å²) in [6, 6.07) is 0. The van der Waals surface area contributed by atoms with E-state index in [1.54, 1.807) is 0 Å². The van der Waals surface area contributed by atoms with Crippen LogP contribution in [-0.2, 0) is 0 Å². The van der Waals surface area contributed by atoms with E-state index in [1.807, 2.05) is 0 Å². The number of hydrogen-bond acceptors (Lipinski definition) is 0. The highest BCUT2D eigenvalue weighted by atomic mass is 31.1. The quantitative estimate of drug-likeness (QED) is 0.539. The van der Waals surface area contributed by atoms with Crippen LogP contribution in [0.4, 0.5) is 0 Å². The smallest absolute Gasteiger partial charge is 0.0324 e. The van der Waals surface area contributed by atoms with Crippen molar-refractivity contribution >= 4 is 7.92 Å². The zero-order valence-electron chi connectivity index (χ0n) is 7.85. The Bertz CT molecular complexity index is 65.1. The van der Waals surface area contributed by atoms with Gasteiger partial charge in [-0.3, -0.25) is 0 Å². The van der Waals surface area contributed by atoms with Crippen LogP contribution in [0.2, 0.25) is 0 Å². The molecule has 0 radical (unpaired) electrons. The Morgan fingerprint density at radius 2 is 1.60 bits per heavy atom. The Balaban J connectivity index is 3.26. The van der Waals surface area contributed by atoms with Crippen molar-refractivity contribution in [3.8, 4) is 0 Å². The van der Waals surface area contributed by atoms with Crippen LogP contribution >= 0.6 is 7.92 Å². The maximum absolute atomic E-state index is 2.33. The topological polar surface area (TPSA) is 0 Å². The summed E-state index contributed by atoms with van der Waals surface area (Å²) in [7, 11) is 0.411. The van der Waals surface area contributed by atoms with Gasteiger partial charge in [0.2, 0.25) is 0 Å². The van der Waals surface area contributed by atoms with Gasteiger partial charge in [0, 0.05) is 0 Å². The molecule has 1 heteroatoms. The predicted octanol–water partition coefficient (Wildman–Crippen LogP) is 3.55. The van der Waals surface area contributed by atoms with Crippen LogP contribution in [0, 0.1) is 5.92 Å². The second-order valence-corrected chi connectivity index (χ2v) is 6.26. The van der Waals surface area contributed by atoms with Gasteiger partial charge in [0.05, 0.1) is 0 Å². The summed E-state index contributed by atoms with van der Waals surface area (Å²) in [6.07, 6.45) is 5.80. The fraction of sp³-hybridized carbons (Fsp3) is 1.00. The summed E-state index contributed by atoms with van der Waals surface area (Å²) in [4.78, 5) is 0. The van der Waals surface area contributed by atoms with Crippen molar-refractivity contribution in [1.82, 2.24) is 0 Å². The molecule has 0 aliphatic carbocycles. The first-order valence-electron chi connectivity index (χ1n) is 4.43. The molecule has 0 aromatic heterocycles. The standard InChI is InChI=1S/C9H21P/c1-5-10(6-2)8-7-9(3)4/h9H,5-8H2,1-4H3. The zero-order valence-corrected chi connectivity index (χ0v) is 8.75. The summed E-state index contributed by atoms with van der Waals surface area (Å²) in [5.41, 5.74) is 0. The van der Waals surface area contributed by atoms with E-state index in [2.05, 4.69) is 27.7 Å². The second-order valence-electron chi connectivity index (χ2n) is 3.21. The second kappa shape index (κ2) is 6.16. The van der Waals surface area contributed by atoms with Crippen LogP contribution < -0.4 is 0 Å². The Kier molecular flexibility index (Phi) is 6.43. The number of hydrogen-bond donors (Lipinski definition) is 0. The number of rotatable bonds is 5. The van der Waals surface area contributed by atoms with E-state index in [-0.39, 0.29) is 0 Å². The van der Waals surface area contributed by atoms with Crippen LogP contribution in [0.25, 0.3) is 0 Å². The SMILES string of the molecule is CCP(CC)CCC(C)C. The minimum atomic E-state index is 0.411. The van der Waals surface area contributed by atoms with Gasteiger partial charge in [0.15, 0.2) is 0 Å². The first-order chi connectivity index (χ1) is 4.70. The van der Waals surface area contributed by atoms with Gasteiger partial charge in [-0.05, 0) is 30.8 Å². The minimum absolute atomic E-state index is 0.411.